The third-order valence-corrected chi connectivity index (χ3v) is 2.67. The Hall–Kier alpha value is -2.12. The largest absolute Gasteiger partial charge is 0.495 e. The highest BCUT2D eigenvalue weighted by molar-refractivity contribution is 5.98. The molecule has 0 saturated carbocycles. The Kier molecular flexibility index (Phi) is 5.95. The zero-order chi connectivity index (χ0) is 15.1. The average molecular weight is 282 g/mol. The van der Waals surface area contributed by atoms with Crippen LogP contribution in [0.15, 0.2) is 18.2 Å². The Balaban J connectivity index is 2.86. The summed E-state index contributed by atoms with van der Waals surface area (Å²) in [4.78, 5) is 22.8. The molecule has 0 aromatic heterocycles. The van der Waals surface area contributed by atoms with Crippen LogP contribution in [0.2, 0.25) is 0 Å². The standard InChI is InChI=1S/C13H18N2O5/c1-19-6-5-9(14)12(16)15-10-7-8(13(17)18)3-4-11(10)20-2/h3-4,7,9H,5-6,14H2,1-2H3,(H,15,16)(H,17,18). The number of anilines is 1. The molecule has 0 heterocycles. The van der Waals surface area contributed by atoms with Gasteiger partial charge in [0, 0.05) is 13.7 Å². The summed E-state index contributed by atoms with van der Waals surface area (Å²) in [6, 6.07) is 3.44. The van der Waals surface area contributed by atoms with Gasteiger partial charge in [0.05, 0.1) is 24.4 Å². The molecule has 7 heteroatoms. The quantitative estimate of drug-likeness (QED) is 0.678. The van der Waals surface area contributed by atoms with Crippen molar-refractivity contribution < 1.29 is 24.2 Å². The van der Waals surface area contributed by atoms with E-state index in [1.807, 2.05) is 0 Å². The molecule has 1 aromatic carbocycles. The molecular formula is C13H18N2O5. The third-order valence-electron chi connectivity index (χ3n) is 2.67. The molecule has 4 N–H and O–H groups in total. The number of amides is 1. The van der Waals surface area contributed by atoms with Gasteiger partial charge in [0.25, 0.3) is 0 Å². The fourth-order valence-electron chi connectivity index (χ4n) is 1.54. The molecule has 1 unspecified atom stereocenters. The normalized spacial score (nSPS) is 11.8. The van der Waals surface area contributed by atoms with E-state index in [1.54, 1.807) is 0 Å². The predicted octanol–water partition coefficient (Wildman–Crippen LogP) is 0.696. The number of rotatable bonds is 7. The van der Waals surface area contributed by atoms with Gasteiger partial charge in [-0.1, -0.05) is 0 Å². The second-order valence-corrected chi connectivity index (χ2v) is 4.10. The molecule has 0 fully saturated rings. The van der Waals surface area contributed by atoms with Crippen molar-refractivity contribution in [3.05, 3.63) is 23.8 Å². The third kappa shape index (κ3) is 4.22. The van der Waals surface area contributed by atoms with Gasteiger partial charge in [-0.15, -0.1) is 0 Å². The van der Waals surface area contributed by atoms with E-state index in [0.29, 0.717) is 18.8 Å². The van der Waals surface area contributed by atoms with Crippen LogP contribution in [-0.4, -0.2) is 43.9 Å². The van der Waals surface area contributed by atoms with E-state index in [-0.39, 0.29) is 11.3 Å². The number of aromatic carboxylic acids is 1. The lowest BCUT2D eigenvalue weighted by atomic mass is 10.1. The number of nitrogens with one attached hydrogen (secondary N) is 1. The van der Waals surface area contributed by atoms with Crippen molar-refractivity contribution in [3.8, 4) is 5.75 Å². The summed E-state index contributed by atoms with van der Waals surface area (Å²) >= 11 is 0. The van der Waals surface area contributed by atoms with Crippen LogP contribution in [0.5, 0.6) is 5.75 Å². The van der Waals surface area contributed by atoms with Gasteiger partial charge in [0.2, 0.25) is 5.91 Å². The minimum Gasteiger partial charge on any atom is -0.495 e. The van der Waals surface area contributed by atoms with Crippen molar-refractivity contribution in [2.45, 2.75) is 12.5 Å². The molecular weight excluding hydrogens is 264 g/mol. The lowest BCUT2D eigenvalue weighted by Gasteiger charge is -2.14. The SMILES string of the molecule is COCCC(N)C(=O)Nc1cc(C(=O)O)ccc1OC. The fraction of sp³-hybridized carbons (Fsp3) is 0.385. The van der Waals surface area contributed by atoms with Crippen LogP contribution >= 0.6 is 0 Å². The monoisotopic (exact) mass is 282 g/mol. The summed E-state index contributed by atoms with van der Waals surface area (Å²) in [6.45, 7) is 0.362. The van der Waals surface area contributed by atoms with Crippen LogP contribution in [0.1, 0.15) is 16.8 Å². The topological polar surface area (TPSA) is 111 Å². The van der Waals surface area contributed by atoms with Crippen LogP contribution in [0, 0.1) is 0 Å². The molecule has 1 atom stereocenters. The Morgan fingerprint density at radius 1 is 1.40 bits per heavy atom. The number of carbonyl (C=O) groups is 2. The van der Waals surface area contributed by atoms with Crippen molar-refractivity contribution >= 4 is 17.6 Å². The number of carboxylic acid groups (broad SMARTS) is 1. The van der Waals surface area contributed by atoms with Crippen LogP contribution in [-0.2, 0) is 9.53 Å². The molecule has 20 heavy (non-hydrogen) atoms. The van der Waals surface area contributed by atoms with E-state index in [9.17, 15) is 9.59 Å². The van der Waals surface area contributed by atoms with Crippen molar-refractivity contribution in [1.82, 2.24) is 0 Å². The van der Waals surface area contributed by atoms with Crippen LogP contribution in [0.3, 0.4) is 0 Å². The maximum Gasteiger partial charge on any atom is 0.335 e. The summed E-state index contributed by atoms with van der Waals surface area (Å²) in [5, 5.41) is 11.5. The first-order chi connectivity index (χ1) is 9.49. The first kappa shape index (κ1) is 15.9. The van der Waals surface area contributed by atoms with Gasteiger partial charge in [-0.2, -0.15) is 0 Å². The smallest absolute Gasteiger partial charge is 0.335 e. The van der Waals surface area contributed by atoms with Crippen molar-refractivity contribution in [1.29, 1.82) is 0 Å². The summed E-state index contributed by atoms with van der Waals surface area (Å²) < 4.78 is 9.91. The van der Waals surface area contributed by atoms with E-state index in [0.717, 1.165) is 0 Å². The van der Waals surface area contributed by atoms with Gasteiger partial charge in [0.15, 0.2) is 0 Å². The number of hydrogen-bond acceptors (Lipinski definition) is 5. The number of benzene rings is 1. The highest BCUT2D eigenvalue weighted by atomic mass is 16.5. The molecule has 0 radical (unpaired) electrons. The Bertz CT molecular complexity index is 490. The second-order valence-electron chi connectivity index (χ2n) is 4.10. The van der Waals surface area contributed by atoms with Crippen LogP contribution in [0.4, 0.5) is 5.69 Å². The first-order valence-electron chi connectivity index (χ1n) is 5.96. The molecule has 110 valence electrons. The molecule has 0 spiro atoms. The molecule has 0 aliphatic rings. The first-order valence-corrected chi connectivity index (χ1v) is 5.96. The van der Waals surface area contributed by atoms with Crippen molar-refractivity contribution in [2.75, 3.05) is 26.1 Å². The lowest BCUT2D eigenvalue weighted by Crippen LogP contribution is -2.36. The van der Waals surface area contributed by atoms with E-state index in [1.165, 1.54) is 32.4 Å². The van der Waals surface area contributed by atoms with Gasteiger partial charge in [-0.05, 0) is 24.6 Å². The number of hydrogen-bond donors (Lipinski definition) is 3. The Labute approximate surface area is 116 Å². The van der Waals surface area contributed by atoms with Gasteiger partial charge in [-0.25, -0.2) is 4.79 Å². The zero-order valence-corrected chi connectivity index (χ0v) is 11.4. The summed E-state index contributed by atoms with van der Waals surface area (Å²) in [5.41, 5.74) is 6.01. The summed E-state index contributed by atoms with van der Waals surface area (Å²) in [6.07, 6.45) is 0.364. The molecule has 0 aliphatic heterocycles. The maximum absolute atomic E-state index is 11.9. The highest BCUT2D eigenvalue weighted by Crippen LogP contribution is 2.25. The highest BCUT2D eigenvalue weighted by Gasteiger charge is 2.16. The number of carbonyl (C=O) groups excluding carboxylic acids is 1. The van der Waals surface area contributed by atoms with Gasteiger partial charge >= 0.3 is 5.97 Å². The van der Waals surface area contributed by atoms with Crippen LogP contribution in [0.25, 0.3) is 0 Å². The molecule has 0 aliphatic carbocycles. The second kappa shape index (κ2) is 7.46. The zero-order valence-electron chi connectivity index (χ0n) is 11.4. The molecule has 1 aromatic rings. The Morgan fingerprint density at radius 3 is 2.65 bits per heavy atom. The summed E-state index contributed by atoms with van der Waals surface area (Å²) in [7, 11) is 2.94. The van der Waals surface area contributed by atoms with E-state index in [2.05, 4.69) is 5.32 Å². The molecule has 1 rings (SSSR count). The van der Waals surface area contributed by atoms with Gasteiger partial charge in [0.1, 0.15) is 5.75 Å². The lowest BCUT2D eigenvalue weighted by molar-refractivity contribution is -0.117. The van der Waals surface area contributed by atoms with Gasteiger partial charge in [-0.3, -0.25) is 4.79 Å². The van der Waals surface area contributed by atoms with Crippen LogP contribution < -0.4 is 15.8 Å². The predicted molar refractivity (Wildman–Crippen MR) is 73.1 cm³/mol. The van der Waals surface area contributed by atoms with E-state index in [4.69, 9.17) is 20.3 Å². The van der Waals surface area contributed by atoms with E-state index < -0.39 is 17.9 Å². The number of ether oxygens (including phenoxy) is 2. The molecule has 1 amide bonds. The van der Waals surface area contributed by atoms with Crippen molar-refractivity contribution in [3.63, 3.8) is 0 Å². The number of nitrogens with two attached hydrogens (primary N) is 1. The number of methoxy groups -OCH3 is 2. The Morgan fingerprint density at radius 2 is 2.10 bits per heavy atom. The van der Waals surface area contributed by atoms with E-state index >= 15 is 0 Å². The van der Waals surface area contributed by atoms with Crippen molar-refractivity contribution in [2.24, 2.45) is 5.73 Å². The maximum atomic E-state index is 11.9. The molecule has 0 bridgehead atoms. The fourth-order valence-corrected chi connectivity index (χ4v) is 1.54. The molecule has 0 saturated heterocycles. The summed E-state index contributed by atoms with van der Waals surface area (Å²) in [5.74, 6) is -1.16. The molecule has 7 nitrogen and oxygen atoms in total. The minimum absolute atomic E-state index is 0.0477. The minimum atomic E-state index is -1.09. The average Bonchev–Trinajstić information content (AvgIpc) is 2.44. The van der Waals surface area contributed by atoms with Gasteiger partial charge < -0.3 is 25.6 Å². The number of carboxylic acids is 1.